The van der Waals surface area contributed by atoms with Gasteiger partial charge in [0.2, 0.25) is 0 Å². The Morgan fingerprint density at radius 3 is 2.14 bits per heavy atom. The molecule has 0 saturated carbocycles. The molecule has 0 spiro atoms. The number of benzene rings is 2. The molecule has 1 N–H and O–H groups in total. The highest BCUT2D eigenvalue weighted by atomic mass is 19.3. The van der Waals surface area contributed by atoms with Gasteiger partial charge in [0.05, 0.1) is 17.3 Å². The van der Waals surface area contributed by atoms with Crippen LogP contribution in [0.1, 0.15) is 65.5 Å². The average molecular weight is 478 g/mol. The molecule has 1 atom stereocenters. The molecule has 4 rings (SSSR count). The van der Waals surface area contributed by atoms with Crippen molar-refractivity contribution in [2.75, 3.05) is 4.90 Å². The molecule has 180 valence electrons. The summed E-state index contributed by atoms with van der Waals surface area (Å²) in [5.74, 6) is -4.73. The van der Waals surface area contributed by atoms with Crippen molar-refractivity contribution in [3.05, 3.63) is 99.9 Å². The average Bonchev–Trinajstić information content (AvgIpc) is 3.09. The third-order valence-electron chi connectivity index (χ3n) is 6.06. The Kier molecular flexibility index (Phi) is 6.23. The summed E-state index contributed by atoms with van der Waals surface area (Å²) in [4.78, 5) is 27.9. The van der Waals surface area contributed by atoms with Gasteiger partial charge in [0, 0.05) is 18.1 Å². The van der Waals surface area contributed by atoms with Gasteiger partial charge in [-0.05, 0) is 36.1 Å². The molecule has 2 heterocycles. The van der Waals surface area contributed by atoms with Gasteiger partial charge in [-0.15, -0.1) is 5.10 Å². The Morgan fingerprint density at radius 2 is 1.63 bits per heavy atom. The molecule has 0 bridgehead atoms. The van der Waals surface area contributed by atoms with Crippen LogP contribution in [0, 0.1) is 6.92 Å². The number of aliphatic hydroxyl groups excluding tert-OH is 1. The second-order valence-corrected chi connectivity index (χ2v) is 8.99. The summed E-state index contributed by atoms with van der Waals surface area (Å²) in [5, 5.41) is 18.9. The number of aliphatic hydroxyl groups is 1. The smallest absolute Gasteiger partial charge is 0.295 e. The van der Waals surface area contributed by atoms with Crippen LogP contribution in [0.2, 0.25) is 0 Å². The molecule has 1 aliphatic heterocycles. The number of carbonyl (C=O) groups excluding carboxylic acids is 2. The number of Topliss-reactive ketones (excluding diaryl/α,β-unsaturated/α-hetero) is 1. The number of amides is 1. The predicted molar refractivity (Wildman–Crippen MR) is 128 cm³/mol. The van der Waals surface area contributed by atoms with Crippen molar-refractivity contribution < 1.29 is 23.5 Å². The highest BCUT2D eigenvalue weighted by molar-refractivity contribution is 6.20. The van der Waals surface area contributed by atoms with Crippen LogP contribution >= 0.6 is 0 Å². The zero-order valence-electron chi connectivity index (χ0n) is 19.8. The highest BCUT2D eigenvalue weighted by Gasteiger charge is 2.45. The number of hydrogen-bond acceptors (Lipinski definition) is 5. The maximum atomic E-state index is 13.8. The standard InChI is InChI=1S/C27H25F2N3O3/c1-15(2)17-6-8-19(9-7-17)24(33)22-23(18-10-12-20(13-11-18)27(4,28)29)32(26(35)25(22)34)21-14-5-16(3)30-31-21/h5-15,23,34H,1-4H3. The number of hydrogen-bond donors (Lipinski definition) is 1. The molecule has 0 aliphatic carbocycles. The Morgan fingerprint density at radius 1 is 1.00 bits per heavy atom. The summed E-state index contributed by atoms with van der Waals surface area (Å²) < 4.78 is 27.6. The van der Waals surface area contributed by atoms with Gasteiger partial charge >= 0.3 is 0 Å². The molecule has 1 aliphatic rings. The Hall–Kier alpha value is -3.94. The summed E-state index contributed by atoms with van der Waals surface area (Å²) in [7, 11) is 0. The van der Waals surface area contributed by atoms with E-state index < -0.39 is 29.4 Å². The summed E-state index contributed by atoms with van der Waals surface area (Å²) in [6.07, 6.45) is 0. The van der Waals surface area contributed by atoms with E-state index in [0.717, 1.165) is 17.4 Å². The van der Waals surface area contributed by atoms with Crippen molar-refractivity contribution >= 4 is 17.5 Å². The monoisotopic (exact) mass is 477 g/mol. The van der Waals surface area contributed by atoms with Crippen molar-refractivity contribution in [1.29, 1.82) is 0 Å². The van der Waals surface area contributed by atoms with Crippen molar-refractivity contribution in [3.8, 4) is 0 Å². The van der Waals surface area contributed by atoms with E-state index in [0.29, 0.717) is 16.8 Å². The molecule has 0 saturated heterocycles. The lowest BCUT2D eigenvalue weighted by Gasteiger charge is -2.26. The third-order valence-corrected chi connectivity index (χ3v) is 6.06. The van der Waals surface area contributed by atoms with Crippen LogP contribution in [0.15, 0.2) is 72.0 Å². The lowest BCUT2D eigenvalue weighted by Crippen LogP contribution is -2.32. The first-order chi connectivity index (χ1) is 16.5. The lowest BCUT2D eigenvalue weighted by atomic mass is 9.91. The minimum atomic E-state index is -3.05. The fourth-order valence-electron chi connectivity index (χ4n) is 4.04. The van der Waals surface area contributed by atoms with Crippen LogP contribution < -0.4 is 4.90 Å². The van der Waals surface area contributed by atoms with Crippen LogP contribution in [0.25, 0.3) is 0 Å². The van der Waals surface area contributed by atoms with E-state index in [-0.39, 0.29) is 22.9 Å². The van der Waals surface area contributed by atoms with E-state index in [1.165, 1.54) is 24.3 Å². The van der Waals surface area contributed by atoms with E-state index in [9.17, 15) is 23.5 Å². The molecule has 0 fully saturated rings. The van der Waals surface area contributed by atoms with Crippen molar-refractivity contribution in [3.63, 3.8) is 0 Å². The fraction of sp³-hybridized carbons (Fsp3) is 0.259. The van der Waals surface area contributed by atoms with Gasteiger partial charge in [-0.3, -0.25) is 14.5 Å². The number of aryl methyl sites for hydroxylation is 1. The normalized spacial score (nSPS) is 16.4. The van der Waals surface area contributed by atoms with Crippen LogP contribution in [0.3, 0.4) is 0 Å². The Labute approximate surface area is 201 Å². The minimum Gasteiger partial charge on any atom is -0.503 e. The molecule has 8 heteroatoms. The van der Waals surface area contributed by atoms with Crippen molar-refractivity contribution in [1.82, 2.24) is 10.2 Å². The summed E-state index contributed by atoms with van der Waals surface area (Å²) in [6, 6.07) is 14.4. The molecule has 1 amide bonds. The number of nitrogens with zero attached hydrogens (tertiary/aromatic N) is 3. The number of carbonyl (C=O) groups is 2. The zero-order chi connectivity index (χ0) is 25.5. The third kappa shape index (κ3) is 4.56. The van der Waals surface area contributed by atoms with Crippen molar-refractivity contribution in [2.45, 2.75) is 45.6 Å². The first kappa shape index (κ1) is 24.2. The molecule has 1 unspecified atom stereocenters. The Balaban J connectivity index is 1.83. The Bertz CT molecular complexity index is 1290. The SMILES string of the molecule is Cc1ccc(N2C(=O)C(O)=C(C(=O)c3ccc(C(C)C)cc3)C2c2ccc(C(C)(F)F)cc2)nn1. The number of anilines is 1. The second-order valence-electron chi connectivity index (χ2n) is 8.99. The fourth-order valence-corrected chi connectivity index (χ4v) is 4.04. The van der Waals surface area contributed by atoms with Gasteiger partial charge < -0.3 is 5.11 Å². The first-order valence-corrected chi connectivity index (χ1v) is 11.2. The number of halogens is 2. The number of rotatable bonds is 6. The van der Waals surface area contributed by atoms with Crippen LogP contribution in [0.5, 0.6) is 0 Å². The van der Waals surface area contributed by atoms with E-state index >= 15 is 0 Å². The molecular weight excluding hydrogens is 452 g/mol. The van der Waals surface area contributed by atoms with Crippen molar-refractivity contribution in [2.24, 2.45) is 0 Å². The summed E-state index contributed by atoms with van der Waals surface area (Å²) in [6.45, 7) is 6.58. The summed E-state index contributed by atoms with van der Waals surface area (Å²) >= 11 is 0. The molecule has 3 aromatic rings. The molecule has 1 aromatic heterocycles. The maximum absolute atomic E-state index is 13.8. The lowest BCUT2D eigenvalue weighted by molar-refractivity contribution is -0.117. The van der Waals surface area contributed by atoms with E-state index in [2.05, 4.69) is 10.2 Å². The number of ketones is 1. The highest BCUT2D eigenvalue weighted by Crippen LogP contribution is 2.42. The minimum absolute atomic E-state index is 0.125. The van der Waals surface area contributed by atoms with Gasteiger partial charge in [-0.1, -0.05) is 62.4 Å². The number of aromatic nitrogens is 2. The topological polar surface area (TPSA) is 83.4 Å². The van der Waals surface area contributed by atoms with Gasteiger partial charge in [-0.2, -0.15) is 5.10 Å². The van der Waals surface area contributed by atoms with Gasteiger partial charge in [-0.25, -0.2) is 8.78 Å². The predicted octanol–water partition coefficient (Wildman–Crippen LogP) is 5.80. The van der Waals surface area contributed by atoms with Gasteiger partial charge in [0.25, 0.3) is 11.8 Å². The van der Waals surface area contributed by atoms with Crippen LogP contribution in [0.4, 0.5) is 14.6 Å². The maximum Gasteiger partial charge on any atom is 0.295 e. The quantitative estimate of drug-likeness (QED) is 0.454. The largest absolute Gasteiger partial charge is 0.503 e. The number of alkyl halides is 2. The molecular formula is C27H25F2N3O3. The van der Waals surface area contributed by atoms with Gasteiger partial charge in [0.15, 0.2) is 17.4 Å². The van der Waals surface area contributed by atoms with E-state index in [1.54, 1.807) is 31.2 Å². The molecule has 0 radical (unpaired) electrons. The molecule has 2 aromatic carbocycles. The van der Waals surface area contributed by atoms with Crippen LogP contribution in [-0.4, -0.2) is 27.0 Å². The van der Waals surface area contributed by atoms with Crippen LogP contribution in [-0.2, 0) is 10.7 Å². The second kappa shape index (κ2) is 9.02. The van der Waals surface area contributed by atoms with E-state index in [4.69, 9.17) is 0 Å². The zero-order valence-corrected chi connectivity index (χ0v) is 19.8. The summed E-state index contributed by atoms with van der Waals surface area (Å²) in [5.41, 5.74) is 1.96. The van der Waals surface area contributed by atoms with E-state index in [1.807, 2.05) is 26.0 Å². The first-order valence-electron chi connectivity index (χ1n) is 11.2. The molecule has 35 heavy (non-hydrogen) atoms. The molecule has 6 nitrogen and oxygen atoms in total. The van der Waals surface area contributed by atoms with Gasteiger partial charge in [0.1, 0.15) is 0 Å².